The van der Waals surface area contributed by atoms with Crippen LogP contribution >= 0.6 is 11.8 Å². The highest BCUT2D eigenvalue weighted by molar-refractivity contribution is 7.99. The van der Waals surface area contributed by atoms with E-state index in [1.54, 1.807) is 43.1 Å². The second-order valence-electron chi connectivity index (χ2n) is 5.97. The van der Waals surface area contributed by atoms with Gasteiger partial charge in [-0.1, -0.05) is 42.1 Å². The topological polar surface area (TPSA) is 56.1 Å². The highest BCUT2D eigenvalue weighted by Gasteiger charge is 2.22. The fraction of sp³-hybridized carbons (Fsp3) is 0.200. The zero-order valence-electron chi connectivity index (χ0n) is 14.4. The second-order valence-corrected chi connectivity index (χ2v) is 7.03. The van der Waals surface area contributed by atoms with Gasteiger partial charge in [-0.3, -0.25) is 4.79 Å². The van der Waals surface area contributed by atoms with E-state index in [0.29, 0.717) is 12.1 Å². The van der Waals surface area contributed by atoms with Gasteiger partial charge in [0.2, 0.25) is 0 Å². The van der Waals surface area contributed by atoms with Gasteiger partial charge < -0.3 is 14.6 Å². The van der Waals surface area contributed by atoms with Gasteiger partial charge in [0.1, 0.15) is 5.75 Å². The largest absolute Gasteiger partial charge is 0.497 e. The molecule has 1 N–H and O–H groups in total. The Morgan fingerprint density at radius 1 is 1.19 bits per heavy atom. The molecule has 0 bridgehead atoms. The van der Waals surface area contributed by atoms with Gasteiger partial charge in [0.05, 0.1) is 25.0 Å². The predicted molar refractivity (Wildman–Crippen MR) is 103 cm³/mol. The smallest absolute Gasteiger partial charge is 0.251 e. The monoisotopic (exact) mass is 365 g/mol. The van der Waals surface area contributed by atoms with E-state index in [9.17, 15) is 4.79 Å². The second kappa shape index (κ2) is 7.25. The van der Waals surface area contributed by atoms with Crippen LogP contribution in [0.1, 0.15) is 16.1 Å². The summed E-state index contributed by atoms with van der Waals surface area (Å²) in [6.07, 6.45) is 0. The third-order valence-corrected chi connectivity index (χ3v) is 5.36. The summed E-state index contributed by atoms with van der Waals surface area (Å²) in [5.41, 5.74) is 3.69. The van der Waals surface area contributed by atoms with E-state index < -0.39 is 0 Å². The standard InChI is InChI=1S/C20H19N3O2S/c1-25-16-9-7-15(8-10-16)19(24)21-13-17-18(14-5-3-2-4-6-14)22-20-23(17)11-12-26-20/h2-10H,11-13H2,1H3,(H,21,24). The van der Waals surface area contributed by atoms with Crippen LogP contribution in [0, 0.1) is 0 Å². The molecule has 2 heterocycles. The number of aromatic nitrogens is 2. The SMILES string of the molecule is COc1ccc(C(=O)NCc2c(-c3ccccc3)nc3n2CCS3)cc1. The number of hydrogen-bond donors (Lipinski definition) is 1. The van der Waals surface area contributed by atoms with E-state index in [-0.39, 0.29) is 5.91 Å². The summed E-state index contributed by atoms with van der Waals surface area (Å²) >= 11 is 1.76. The van der Waals surface area contributed by atoms with Crippen molar-refractivity contribution in [3.63, 3.8) is 0 Å². The molecule has 0 radical (unpaired) electrons. The number of benzene rings is 2. The van der Waals surface area contributed by atoms with Crippen molar-refractivity contribution in [1.29, 1.82) is 0 Å². The Balaban J connectivity index is 1.57. The number of amides is 1. The normalized spacial score (nSPS) is 12.7. The summed E-state index contributed by atoms with van der Waals surface area (Å²) in [6.45, 7) is 1.37. The van der Waals surface area contributed by atoms with Crippen LogP contribution in [0.4, 0.5) is 0 Å². The average molecular weight is 365 g/mol. The molecule has 0 spiro atoms. The summed E-state index contributed by atoms with van der Waals surface area (Å²) in [4.78, 5) is 17.3. The Morgan fingerprint density at radius 2 is 1.96 bits per heavy atom. The van der Waals surface area contributed by atoms with Crippen LogP contribution in [0.3, 0.4) is 0 Å². The first kappa shape index (κ1) is 16.7. The molecule has 26 heavy (non-hydrogen) atoms. The molecular weight excluding hydrogens is 346 g/mol. The van der Waals surface area contributed by atoms with Crippen LogP contribution in [-0.4, -0.2) is 28.3 Å². The molecule has 0 fully saturated rings. The Kier molecular flexibility index (Phi) is 4.67. The average Bonchev–Trinajstić information content (AvgIpc) is 3.28. The minimum Gasteiger partial charge on any atom is -0.497 e. The zero-order valence-corrected chi connectivity index (χ0v) is 15.3. The lowest BCUT2D eigenvalue weighted by atomic mass is 10.1. The van der Waals surface area contributed by atoms with Crippen LogP contribution < -0.4 is 10.1 Å². The van der Waals surface area contributed by atoms with E-state index in [4.69, 9.17) is 9.72 Å². The number of methoxy groups -OCH3 is 1. The summed E-state index contributed by atoms with van der Waals surface area (Å²) in [5, 5.41) is 4.05. The molecule has 3 aromatic rings. The highest BCUT2D eigenvalue weighted by atomic mass is 32.2. The maximum absolute atomic E-state index is 12.5. The van der Waals surface area contributed by atoms with Crippen molar-refractivity contribution < 1.29 is 9.53 Å². The van der Waals surface area contributed by atoms with Crippen molar-refractivity contribution in [2.24, 2.45) is 0 Å². The fourth-order valence-electron chi connectivity index (χ4n) is 3.05. The van der Waals surface area contributed by atoms with E-state index in [1.807, 2.05) is 18.2 Å². The Hall–Kier alpha value is -2.73. The van der Waals surface area contributed by atoms with Crippen molar-refractivity contribution in [2.45, 2.75) is 18.2 Å². The van der Waals surface area contributed by atoms with Gasteiger partial charge in [0.25, 0.3) is 5.91 Å². The lowest BCUT2D eigenvalue weighted by molar-refractivity contribution is 0.0950. The Morgan fingerprint density at radius 3 is 2.69 bits per heavy atom. The number of ether oxygens (including phenoxy) is 1. The first-order chi connectivity index (χ1) is 12.8. The van der Waals surface area contributed by atoms with Crippen LogP contribution in [0.25, 0.3) is 11.3 Å². The molecule has 1 aliphatic rings. The van der Waals surface area contributed by atoms with E-state index in [2.05, 4.69) is 22.0 Å². The molecule has 0 aliphatic carbocycles. The summed E-state index contributed by atoms with van der Waals surface area (Å²) in [6, 6.07) is 17.2. The van der Waals surface area contributed by atoms with Crippen LogP contribution in [0.2, 0.25) is 0 Å². The number of carbonyl (C=O) groups is 1. The highest BCUT2D eigenvalue weighted by Crippen LogP contribution is 2.33. The maximum atomic E-state index is 12.5. The van der Waals surface area contributed by atoms with E-state index in [0.717, 1.165) is 40.2 Å². The zero-order chi connectivity index (χ0) is 17.9. The van der Waals surface area contributed by atoms with Gasteiger partial charge in [-0.2, -0.15) is 0 Å². The number of hydrogen-bond acceptors (Lipinski definition) is 4. The number of carbonyl (C=O) groups excluding carboxylic acids is 1. The van der Waals surface area contributed by atoms with Crippen LogP contribution in [0.15, 0.2) is 59.8 Å². The minimum atomic E-state index is -0.104. The van der Waals surface area contributed by atoms with E-state index in [1.165, 1.54) is 0 Å². The van der Waals surface area contributed by atoms with Crippen molar-refractivity contribution in [2.75, 3.05) is 12.9 Å². The molecule has 1 aromatic heterocycles. The lowest BCUT2D eigenvalue weighted by Crippen LogP contribution is -2.24. The Labute approximate surface area is 156 Å². The Bertz CT molecular complexity index is 920. The van der Waals surface area contributed by atoms with Crippen LogP contribution in [0.5, 0.6) is 5.75 Å². The molecule has 0 saturated carbocycles. The molecule has 0 unspecified atom stereocenters. The molecule has 5 nitrogen and oxygen atoms in total. The minimum absolute atomic E-state index is 0.104. The molecule has 2 aromatic carbocycles. The molecule has 0 atom stereocenters. The molecular formula is C20H19N3O2S. The summed E-state index contributed by atoms with van der Waals surface area (Å²) in [5.74, 6) is 1.66. The third kappa shape index (κ3) is 3.20. The molecule has 0 saturated heterocycles. The summed E-state index contributed by atoms with van der Waals surface area (Å²) < 4.78 is 7.35. The number of thioether (sulfide) groups is 1. The van der Waals surface area contributed by atoms with Gasteiger partial charge in [-0.15, -0.1) is 0 Å². The fourth-order valence-corrected chi connectivity index (χ4v) is 4.02. The predicted octanol–water partition coefficient (Wildman–Crippen LogP) is 3.59. The number of rotatable bonds is 5. The summed E-state index contributed by atoms with van der Waals surface area (Å²) in [7, 11) is 1.61. The first-order valence-corrected chi connectivity index (χ1v) is 9.44. The first-order valence-electron chi connectivity index (χ1n) is 8.46. The van der Waals surface area contributed by atoms with Gasteiger partial charge in [-0.25, -0.2) is 4.98 Å². The molecule has 1 amide bonds. The maximum Gasteiger partial charge on any atom is 0.251 e. The van der Waals surface area contributed by atoms with Gasteiger partial charge in [0, 0.05) is 23.4 Å². The quantitative estimate of drug-likeness (QED) is 0.751. The van der Waals surface area contributed by atoms with Crippen molar-refractivity contribution >= 4 is 17.7 Å². The molecule has 132 valence electrons. The number of nitrogens with zero attached hydrogens (tertiary/aromatic N) is 2. The van der Waals surface area contributed by atoms with Gasteiger partial charge in [-0.05, 0) is 24.3 Å². The molecule has 4 rings (SSSR count). The van der Waals surface area contributed by atoms with E-state index >= 15 is 0 Å². The molecule has 1 aliphatic heterocycles. The van der Waals surface area contributed by atoms with Crippen LogP contribution in [-0.2, 0) is 13.1 Å². The lowest BCUT2D eigenvalue weighted by Gasteiger charge is -2.10. The number of imidazole rings is 1. The number of fused-ring (bicyclic) bond motifs is 1. The molecule has 6 heteroatoms. The van der Waals surface area contributed by atoms with Crippen molar-refractivity contribution in [3.8, 4) is 17.0 Å². The van der Waals surface area contributed by atoms with Crippen molar-refractivity contribution in [1.82, 2.24) is 14.9 Å². The third-order valence-electron chi connectivity index (χ3n) is 4.40. The number of nitrogens with one attached hydrogen (secondary N) is 1. The van der Waals surface area contributed by atoms with Gasteiger partial charge in [0.15, 0.2) is 5.16 Å². The van der Waals surface area contributed by atoms with Gasteiger partial charge >= 0.3 is 0 Å². The van der Waals surface area contributed by atoms with Crippen molar-refractivity contribution in [3.05, 3.63) is 65.9 Å².